The molecular weight excluding hydrogens is 872 g/mol. The summed E-state index contributed by atoms with van der Waals surface area (Å²) < 4.78 is 41.0. The van der Waals surface area contributed by atoms with E-state index in [4.69, 9.17) is 26.1 Å². The number of nitrogens with zero attached hydrogens (tertiary/aromatic N) is 5. The number of H-pyrrole nitrogens is 1. The number of anilines is 4. The second-order valence-corrected chi connectivity index (χ2v) is 19.9. The fourth-order valence-corrected chi connectivity index (χ4v) is 10.4. The molecule has 5 heterocycles. The summed E-state index contributed by atoms with van der Waals surface area (Å²) in [5.41, 5.74) is 6.37. The maximum atomic E-state index is 14.4. The topological polar surface area (TPSA) is 192 Å². The molecule has 0 bridgehead atoms. The molecule has 3 N–H and O–H groups in total. The number of fused-ring (bicyclic) bond motifs is 2. The van der Waals surface area contributed by atoms with Gasteiger partial charge >= 0.3 is 0 Å². The van der Waals surface area contributed by atoms with Gasteiger partial charge in [0.1, 0.15) is 17.0 Å². The van der Waals surface area contributed by atoms with Gasteiger partial charge in [0.25, 0.3) is 21.6 Å². The number of hydrogen-bond donors (Lipinski definition) is 3. The lowest BCUT2D eigenvalue weighted by Crippen LogP contribution is -2.47. The van der Waals surface area contributed by atoms with Crippen LogP contribution in [0.5, 0.6) is 0 Å². The molecule has 0 saturated carbocycles. The zero-order valence-corrected chi connectivity index (χ0v) is 37.8. The van der Waals surface area contributed by atoms with Crippen LogP contribution in [0.15, 0.2) is 89.5 Å². The lowest BCUT2D eigenvalue weighted by molar-refractivity contribution is -0.384. The second-order valence-electron chi connectivity index (χ2n) is 17.8. The Balaban J connectivity index is 1.01. The van der Waals surface area contributed by atoms with E-state index in [1.165, 1.54) is 28.8 Å². The first-order valence-electron chi connectivity index (χ1n) is 21.9. The van der Waals surface area contributed by atoms with Crippen molar-refractivity contribution in [2.75, 3.05) is 74.2 Å². The highest BCUT2D eigenvalue weighted by Gasteiger charge is 2.33. The van der Waals surface area contributed by atoms with E-state index in [2.05, 4.69) is 50.8 Å². The molecule has 3 aliphatic heterocycles. The van der Waals surface area contributed by atoms with Crippen LogP contribution < -0.4 is 19.8 Å². The third kappa shape index (κ3) is 9.61. The van der Waals surface area contributed by atoms with Crippen LogP contribution in [0.2, 0.25) is 5.02 Å². The number of ether oxygens (including phenoxy) is 2. The highest BCUT2D eigenvalue weighted by molar-refractivity contribution is 7.90. The Morgan fingerprint density at radius 2 is 1.78 bits per heavy atom. The Bertz CT molecular complexity index is 2800. The molecule has 1 atom stereocenters. The number of aromatic amines is 1. The number of allylic oxidation sites excluding steroid dienone is 1. The van der Waals surface area contributed by atoms with Crippen LogP contribution in [0.4, 0.5) is 28.4 Å². The monoisotopic (exact) mass is 922 g/mol. The number of halogens is 1. The van der Waals surface area contributed by atoms with E-state index < -0.39 is 37.7 Å². The van der Waals surface area contributed by atoms with Crippen molar-refractivity contribution in [1.82, 2.24) is 19.6 Å². The van der Waals surface area contributed by atoms with Gasteiger partial charge in [-0.1, -0.05) is 43.2 Å². The molecule has 0 radical (unpaired) electrons. The van der Waals surface area contributed by atoms with Crippen molar-refractivity contribution >= 4 is 78.4 Å². The Morgan fingerprint density at radius 1 is 0.985 bits per heavy atom. The maximum absolute atomic E-state index is 14.4. The third-order valence-corrected chi connectivity index (χ3v) is 14.3. The number of pyridine rings is 1. The first kappa shape index (κ1) is 44.4. The summed E-state index contributed by atoms with van der Waals surface area (Å²) in [6, 6.07) is 20.5. The van der Waals surface area contributed by atoms with Gasteiger partial charge in [-0.25, -0.2) is 18.1 Å². The van der Waals surface area contributed by atoms with Gasteiger partial charge in [-0.2, -0.15) is 0 Å². The van der Waals surface area contributed by atoms with Crippen molar-refractivity contribution in [3.05, 3.63) is 117 Å². The van der Waals surface area contributed by atoms with Gasteiger partial charge in [-0.05, 0) is 96.8 Å². The first-order chi connectivity index (χ1) is 31.2. The van der Waals surface area contributed by atoms with Gasteiger partial charge in [-0.3, -0.25) is 24.6 Å². The maximum Gasteiger partial charge on any atom is 0.293 e. The fourth-order valence-electron chi connectivity index (χ4n) is 9.33. The van der Waals surface area contributed by atoms with Crippen LogP contribution in [0, 0.1) is 15.5 Å². The number of rotatable bonds is 11. The van der Waals surface area contributed by atoms with Gasteiger partial charge in [0.15, 0.2) is 12.0 Å². The number of nitro groups is 1. The molecule has 3 aromatic carbocycles. The molecule has 16 nitrogen and oxygen atoms in total. The highest BCUT2D eigenvalue weighted by Crippen LogP contribution is 2.43. The van der Waals surface area contributed by atoms with Crippen molar-refractivity contribution in [1.29, 1.82) is 0 Å². The van der Waals surface area contributed by atoms with Crippen LogP contribution >= 0.6 is 11.6 Å². The largest absolute Gasteiger partial charge is 0.374 e. The number of ketones is 1. The predicted molar refractivity (Wildman–Crippen MR) is 250 cm³/mol. The number of Topliss-reactive ketones (excluding diaryl/α,β-unsaturated/α-hetero) is 1. The van der Waals surface area contributed by atoms with Crippen LogP contribution in [0.25, 0.3) is 16.6 Å². The Morgan fingerprint density at radius 3 is 2.54 bits per heavy atom. The SMILES string of the molecule is CC1(C)CCC(c2ccc(Cl)cc2)=C(CN2CCN(c3ccc(C(=O)NS(=O)(=O)c4ccc(N[C@H]5COCCO5)c([N+](=O)[O-])c4)c(N4CCCC(=O)c5nc6[nH]ccc6cc54)c3)CC2)C1. The number of nitrogens with one attached hydrogen (secondary N) is 3. The summed E-state index contributed by atoms with van der Waals surface area (Å²) in [6.07, 6.45) is 4.91. The van der Waals surface area contributed by atoms with Crippen molar-refractivity contribution in [2.24, 2.45) is 5.41 Å². The molecule has 0 spiro atoms. The molecule has 5 aromatic rings. The van der Waals surface area contributed by atoms with E-state index >= 15 is 0 Å². The molecule has 1 amide bonds. The summed E-state index contributed by atoms with van der Waals surface area (Å²) in [6.45, 7) is 9.71. The van der Waals surface area contributed by atoms with Crippen molar-refractivity contribution < 1.29 is 32.4 Å². The lowest BCUT2D eigenvalue weighted by Gasteiger charge is -2.40. The zero-order valence-electron chi connectivity index (χ0n) is 36.3. The Hall–Kier alpha value is -5.85. The molecule has 18 heteroatoms. The molecule has 340 valence electrons. The summed E-state index contributed by atoms with van der Waals surface area (Å²) in [5, 5.41) is 16.5. The van der Waals surface area contributed by atoms with Crippen LogP contribution in [0.3, 0.4) is 0 Å². The lowest BCUT2D eigenvalue weighted by atomic mass is 9.73. The Labute approximate surface area is 382 Å². The number of benzene rings is 3. The summed E-state index contributed by atoms with van der Waals surface area (Å²) in [4.78, 5) is 53.3. The molecule has 2 aromatic heterocycles. The predicted octanol–water partition coefficient (Wildman–Crippen LogP) is 7.93. The standard InChI is InChI=1S/C47H51ClN8O8S/c1-47(2)15-13-36(30-5-7-33(48)8-6-30)32(27-47)28-53-18-20-54(21-19-53)34-9-11-37(39(25-34)55-17-3-4-42(57)44-41(55)24-31-14-16-49-45(31)51-44)46(58)52-65(61,62)35-10-12-38(40(26-35)56(59)60)50-43-29-63-22-23-64-43/h5-12,14,16,24-26,43,50H,3-4,13,15,17-23,27-29H2,1-2H3,(H,49,51)(H,52,58)/t43-/m1/s1. The first-order valence-corrected chi connectivity index (χ1v) is 23.8. The van der Waals surface area contributed by atoms with Crippen molar-refractivity contribution in [3.8, 4) is 0 Å². The third-order valence-electron chi connectivity index (χ3n) is 12.7. The minimum absolute atomic E-state index is 0.0340. The van der Waals surface area contributed by atoms with Gasteiger partial charge in [0.05, 0.1) is 46.6 Å². The zero-order chi connectivity index (χ0) is 45.5. The number of nitro benzene ring substituents is 1. The van der Waals surface area contributed by atoms with Crippen LogP contribution in [-0.2, 0) is 19.5 Å². The molecule has 9 rings (SSSR count). The van der Waals surface area contributed by atoms with Gasteiger partial charge in [0, 0.05) is 74.0 Å². The number of hydrogen-bond acceptors (Lipinski definition) is 13. The van der Waals surface area contributed by atoms with E-state index in [1.807, 2.05) is 41.3 Å². The Kier molecular flexibility index (Phi) is 12.4. The quantitative estimate of drug-likeness (QED) is 0.0856. The normalized spacial score (nSPS) is 19.5. The number of carbonyl (C=O) groups excluding carboxylic acids is 2. The smallest absolute Gasteiger partial charge is 0.293 e. The molecule has 0 unspecified atom stereocenters. The molecule has 1 aliphatic carbocycles. The van der Waals surface area contributed by atoms with Crippen LogP contribution in [0.1, 0.15) is 72.4 Å². The average Bonchev–Trinajstić information content (AvgIpc) is 3.69. The van der Waals surface area contributed by atoms with E-state index in [0.717, 1.165) is 61.1 Å². The number of aromatic nitrogens is 2. The summed E-state index contributed by atoms with van der Waals surface area (Å²) in [5.74, 6) is -1.08. The molecule has 2 saturated heterocycles. The number of carbonyl (C=O) groups is 2. The fraction of sp³-hybridized carbons (Fsp3) is 0.383. The van der Waals surface area contributed by atoms with E-state index in [1.54, 1.807) is 12.3 Å². The number of sulfonamides is 1. The second kappa shape index (κ2) is 18.2. The summed E-state index contributed by atoms with van der Waals surface area (Å²) >= 11 is 6.25. The number of piperazine rings is 1. The van der Waals surface area contributed by atoms with E-state index in [0.29, 0.717) is 56.3 Å². The molecular formula is C47H51ClN8O8S. The van der Waals surface area contributed by atoms with E-state index in [9.17, 15) is 28.1 Å². The molecule has 4 aliphatic rings. The van der Waals surface area contributed by atoms with Gasteiger partial charge in [0.2, 0.25) is 0 Å². The minimum atomic E-state index is -4.64. The molecule has 65 heavy (non-hydrogen) atoms. The van der Waals surface area contributed by atoms with Crippen LogP contribution in [-0.4, -0.2) is 105 Å². The molecule has 2 fully saturated rings. The summed E-state index contributed by atoms with van der Waals surface area (Å²) in [7, 11) is -4.64. The van der Waals surface area contributed by atoms with Crippen molar-refractivity contribution in [2.45, 2.75) is 57.1 Å². The highest BCUT2D eigenvalue weighted by atomic mass is 35.5. The number of amides is 1. The van der Waals surface area contributed by atoms with E-state index in [-0.39, 0.29) is 41.2 Å². The van der Waals surface area contributed by atoms with Gasteiger partial charge < -0.3 is 29.6 Å². The van der Waals surface area contributed by atoms with Gasteiger partial charge in [-0.15, -0.1) is 0 Å². The van der Waals surface area contributed by atoms with Crippen molar-refractivity contribution in [3.63, 3.8) is 0 Å². The minimum Gasteiger partial charge on any atom is -0.374 e. The average molecular weight is 923 g/mol.